The van der Waals surface area contributed by atoms with Crippen LogP contribution in [-0.2, 0) is 17.4 Å². The van der Waals surface area contributed by atoms with Crippen LogP contribution in [0.4, 0.5) is 13.2 Å². The number of halogens is 3. The molecular weight excluding hydrogens is 263 g/mol. The number of carbonyl (C=O) groups is 1. The molecule has 1 aromatic carbocycles. The Morgan fingerprint density at radius 2 is 2.00 bits per heavy atom. The van der Waals surface area contributed by atoms with Crippen LogP contribution in [0.1, 0.15) is 11.3 Å². The molecule has 0 amide bonds. The lowest BCUT2D eigenvalue weighted by molar-refractivity contribution is -0.137. The highest BCUT2D eigenvalue weighted by atomic mass is 19.4. The van der Waals surface area contributed by atoms with Crippen molar-refractivity contribution in [2.45, 2.75) is 12.6 Å². The van der Waals surface area contributed by atoms with E-state index in [-0.39, 0.29) is 17.1 Å². The van der Waals surface area contributed by atoms with E-state index in [4.69, 9.17) is 9.52 Å². The molecule has 4 nitrogen and oxygen atoms in total. The van der Waals surface area contributed by atoms with Gasteiger partial charge in [-0.1, -0.05) is 12.1 Å². The van der Waals surface area contributed by atoms with Gasteiger partial charge in [0.15, 0.2) is 0 Å². The lowest BCUT2D eigenvalue weighted by atomic mass is 10.1. The Balaban J connectivity index is 2.42. The first-order valence-corrected chi connectivity index (χ1v) is 5.20. The molecule has 2 aromatic rings. The van der Waals surface area contributed by atoms with Crippen LogP contribution in [-0.4, -0.2) is 16.1 Å². The molecule has 0 bridgehead atoms. The summed E-state index contributed by atoms with van der Waals surface area (Å²) in [6, 6.07) is 4.81. The summed E-state index contributed by atoms with van der Waals surface area (Å²) in [5, 5.41) is 8.57. The van der Waals surface area contributed by atoms with Crippen molar-refractivity contribution >= 4 is 5.97 Å². The molecule has 0 aliphatic carbocycles. The quantitative estimate of drug-likeness (QED) is 0.932. The highest BCUT2D eigenvalue weighted by Gasteiger charge is 2.34. The minimum atomic E-state index is -4.53. The van der Waals surface area contributed by atoms with E-state index in [2.05, 4.69) is 4.98 Å². The van der Waals surface area contributed by atoms with E-state index < -0.39 is 24.1 Å². The van der Waals surface area contributed by atoms with Crippen LogP contribution < -0.4 is 0 Å². The van der Waals surface area contributed by atoms with Crippen LogP contribution in [0.15, 0.2) is 34.9 Å². The van der Waals surface area contributed by atoms with Crippen molar-refractivity contribution < 1.29 is 27.5 Å². The summed E-state index contributed by atoms with van der Waals surface area (Å²) in [6.45, 7) is 0. The van der Waals surface area contributed by atoms with Gasteiger partial charge in [-0.25, -0.2) is 4.98 Å². The average Bonchev–Trinajstić information content (AvgIpc) is 2.75. The molecule has 0 aliphatic rings. The largest absolute Gasteiger partial charge is 0.481 e. The van der Waals surface area contributed by atoms with E-state index in [0.29, 0.717) is 0 Å². The van der Waals surface area contributed by atoms with Crippen molar-refractivity contribution in [3.05, 3.63) is 41.8 Å². The van der Waals surface area contributed by atoms with Crippen molar-refractivity contribution in [3.8, 4) is 11.5 Å². The molecule has 1 aromatic heterocycles. The first kappa shape index (κ1) is 13.1. The standard InChI is InChI=1S/C12H8F3NO3/c13-12(14,15)9-4-2-1-3-8(9)11-16-7(6-19-11)5-10(17)18/h1-4,6H,5H2,(H,17,18). The second-order valence-corrected chi connectivity index (χ2v) is 3.76. The fraction of sp³-hybridized carbons (Fsp3) is 0.167. The Kier molecular flexibility index (Phi) is 3.28. The molecule has 0 unspecified atom stereocenters. The Hall–Kier alpha value is -2.31. The second-order valence-electron chi connectivity index (χ2n) is 3.76. The molecule has 0 spiro atoms. The maximum absolute atomic E-state index is 12.8. The number of oxazole rings is 1. The summed E-state index contributed by atoms with van der Waals surface area (Å²) in [5.74, 6) is -1.38. The van der Waals surface area contributed by atoms with E-state index >= 15 is 0 Å². The Morgan fingerprint density at radius 1 is 1.32 bits per heavy atom. The maximum atomic E-state index is 12.8. The molecule has 0 aliphatic heterocycles. The third kappa shape index (κ3) is 2.93. The number of alkyl halides is 3. The second kappa shape index (κ2) is 4.75. The van der Waals surface area contributed by atoms with Gasteiger partial charge in [0.2, 0.25) is 5.89 Å². The molecule has 1 N–H and O–H groups in total. The molecule has 0 fully saturated rings. The van der Waals surface area contributed by atoms with Crippen molar-refractivity contribution in [2.75, 3.05) is 0 Å². The van der Waals surface area contributed by atoms with Crippen LogP contribution >= 0.6 is 0 Å². The highest BCUT2D eigenvalue weighted by molar-refractivity contribution is 5.70. The number of hydrogen-bond acceptors (Lipinski definition) is 3. The minimum Gasteiger partial charge on any atom is -0.481 e. The molecular formula is C12H8F3NO3. The summed E-state index contributed by atoms with van der Waals surface area (Å²) < 4.78 is 43.3. The Bertz CT molecular complexity index is 604. The summed E-state index contributed by atoms with van der Waals surface area (Å²) in [5.41, 5.74) is -1.02. The number of carboxylic acid groups (broad SMARTS) is 1. The molecule has 0 atom stereocenters. The number of hydrogen-bond donors (Lipinski definition) is 1. The lowest BCUT2D eigenvalue weighted by Gasteiger charge is -2.09. The molecule has 0 saturated heterocycles. The summed E-state index contributed by atoms with van der Waals surface area (Å²) in [6.07, 6.45) is -3.90. The zero-order chi connectivity index (χ0) is 14.0. The van der Waals surface area contributed by atoms with Crippen LogP contribution in [0.3, 0.4) is 0 Å². The predicted molar refractivity (Wildman–Crippen MR) is 58.3 cm³/mol. The van der Waals surface area contributed by atoms with Gasteiger partial charge in [0, 0.05) is 5.56 Å². The van der Waals surface area contributed by atoms with Crippen molar-refractivity contribution in [2.24, 2.45) is 0 Å². The fourth-order valence-corrected chi connectivity index (χ4v) is 1.58. The SMILES string of the molecule is O=C(O)Cc1coc(-c2ccccc2C(F)(F)F)n1. The van der Waals surface area contributed by atoms with E-state index in [0.717, 1.165) is 12.3 Å². The van der Waals surface area contributed by atoms with E-state index in [1.165, 1.54) is 18.2 Å². The smallest absolute Gasteiger partial charge is 0.417 e. The summed E-state index contributed by atoms with van der Waals surface area (Å²) in [7, 11) is 0. The van der Waals surface area contributed by atoms with Gasteiger partial charge in [-0.05, 0) is 12.1 Å². The number of aromatic nitrogens is 1. The predicted octanol–water partition coefficient (Wildman–Crippen LogP) is 2.99. The Morgan fingerprint density at radius 3 is 2.63 bits per heavy atom. The van der Waals surface area contributed by atoms with E-state index in [1.54, 1.807) is 0 Å². The van der Waals surface area contributed by atoms with Gasteiger partial charge in [0.05, 0.1) is 17.7 Å². The van der Waals surface area contributed by atoms with Gasteiger partial charge in [0.25, 0.3) is 0 Å². The zero-order valence-electron chi connectivity index (χ0n) is 9.44. The number of aliphatic carboxylic acids is 1. The average molecular weight is 271 g/mol. The zero-order valence-corrected chi connectivity index (χ0v) is 9.44. The van der Waals surface area contributed by atoms with Gasteiger partial charge >= 0.3 is 12.1 Å². The maximum Gasteiger partial charge on any atom is 0.417 e. The first-order valence-electron chi connectivity index (χ1n) is 5.20. The lowest BCUT2D eigenvalue weighted by Crippen LogP contribution is -2.07. The monoisotopic (exact) mass is 271 g/mol. The molecule has 0 radical (unpaired) electrons. The highest BCUT2D eigenvalue weighted by Crippen LogP contribution is 2.36. The van der Waals surface area contributed by atoms with Gasteiger partial charge in [0.1, 0.15) is 6.26 Å². The number of nitrogens with zero attached hydrogens (tertiary/aromatic N) is 1. The molecule has 1 heterocycles. The van der Waals surface area contributed by atoms with Crippen LogP contribution in [0.2, 0.25) is 0 Å². The van der Waals surface area contributed by atoms with Crippen LogP contribution in [0.5, 0.6) is 0 Å². The Labute approximate surface area is 105 Å². The third-order valence-corrected chi connectivity index (χ3v) is 2.35. The van der Waals surface area contributed by atoms with Crippen molar-refractivity contribution in [3.63, 3.8) is 0 Å². The number of carboxylic acids is 1. The van der Waals surface area contributed by atoms with Crippen LogP contribution in [0.25, 0.3) is 11.5 Å². The van der Waals surface area contributed by atoms with E-state index in [1.807, 2.05) is 0 Å². The fourth-order valence-electron chi connectivity index (χ4n) is 1.58. The van der Waals surface area contributed by atoms with Gasteiger partial charge in [-0.2, -0.15) is 13.2 Å². The third-order valence-electron chi connectivity index (χ3n) is 2.35. The number of benzene rings is 1. The van der Waals surface area contributed by atoms with Crippen molar-refractivity contribution in [1.82, 2.24) is 4.98 Å². The molecule has 7 heteroatoms. The van der Waals surface area contributed by atoms with Gasteiger partial charge in [-0.3, -0.25) is 4.79 Å². The minimum absolute atomic E-state index is 0.0690. The summed E-state index contributed by atoms with van der Waals surface area (Å²) in [4.78, 5) is 14.2. The first-order chi connectivity index (χ1) is 8.88. The summed E-state index contributed by atoms with van der Waals surface area (Å²) >= 11 is 0. The number of rotatable bonds is 3. The van der Waals surface area contributed by atoms with Crippen LogP contribution in [0, 0.1) is 0 Å². The van der Waals surface area contributed by atoms with Crippen molar-refractivity contribution in [1.29, 1.82) is 0 Å². The normalized spacial score (nSPS) is 11.5. The topological polar surface area (TPSA) is 63.3 Å². The van der Waals surface area contributed by atoms with Gasteiger partial charge in [-0.15, -0.1) is 0 Å². The molecule has 19 heavy (non-hydrogen) atoms. The van der Waals surface area contributed by atoms with E-state index in [9.17, 15) is 18.0 Å². The van der Waals surface area contributed by atoms with Gasteiger partial charge < -0.3 is 9.52 Å². The molecule has 0 saturated carbocycles. The molecule has 2 rings (SSSR count). The molecule has 100 valence electrons.